The second-order valence-electron chi connectivity index (χ2n) is 13.1. The number of esters is 2. The van der Waals surface area contributed by atoms with E-state index >= 15 is 0 Å². The van der Waals surface area contributed by atoms with Gasteiger partial charge in [-0.2, -0.15) is 0 Å². The van der Waals surface area contributed by atoms with Gasteiger partial charge in [0, 0.05) is 6.20 Å². The van der Waals surface area contributed by atoms with Crippen molar-refractivity contribution in [3.8, 4) is 0 Å². The van der Waals surface area contributed by atoms with Gasteiger partial charge in [0.15, 0.2) is 17.9 Å². The lowest BCUT2D eigenvalue weighted by Crippen LogP contribution is -2.53. The van der Waals surface area contributed by atoms with E-state index < -0.39 is 61.9 Å². The summed E-state index contributed by atoms with van der Waals surface area (Å²) < 4.78 is 48.8. The fraction of sp³-hybridized carbons (Fsp3) is 0.742. The maximum Gasteiger partial charge on any atom is 0.509 e. The average Bonchev–Trinajstić information content (AvgIpc) is 3.68. The number of nitrogens with zero attached hydrogens (tertiary/aromatic N) is 2. The summed E-state index contributed by atoms with van der Waals surface area (Å²) in [7, 11) is -4.24. The molecule has 4 rings (SSSR count). The van der Waals surface area contributed by atoms with E-state index in [1.807, 2.05) is 27.7 Å². The lowest BCUT2D eigenvalue weighted by atomic mass is 9.96. The molecule has 264 valence electrons. The Morgan fingerprint density at radius 2 is 1.68 bits per heavy atom. The van der Waals surface area contributed by atoms with E-state index in [-0.39, 0.29) is 44.5 Å². The molecule has 2 saturated heterocycles. The van der Waals surface area contributed by atoms with E-state index in [2.05, 4.69) is 27.1 Å². The first kappa shape index (κ1) is 36.9. The van der Waals surface area contributed by atoms with Crippen LogP contribution in [0.5, 0.6) is 0 Å². The summed E-state index contributed by atoms with van der Waals surface area (Å²) in [4.78, 5) is 44.7. The molecule has 47 heavy (non-hydrogen) atoms. The van der Waals surface area contributed by atoms with Crippen LogP contribution >= 0.6 is 7.67 Å². The first-order valence-electron chi connectivity index (χ1n) is 16.4. The highest BCUT2D eigenvalue weighted by atomic mass is 31.2. The molecule has 15 nitrogen and oxygen atoms in total. The Balaban J connectivity index is 1.59. The number of fused-ring (bicyclic) bond motifs is 1. The van der Waals surface area contributed by atoms with E-state index in [1.54, 1.807) is 37.9 Å². The van der Waals surface area contributed by atoms with Crippen LogP contribution < -0.4 is 15.5 Å². The highest BCUT2D eigenvalue weighted by Gasteiger charge is 2.65. The number of aliphatic imine (C=N–C) groups is 1. The van der Waals surface area contributed by atoms with Crippen LogP contribution in [-0.4, -0.2) is 90.8 Å². The molecule has 3 aliphatic heterocycles. The third-order valence-corrected chi connectivity index (χ3v) is 9.77. The molecule has 16 heteroatoms. The molecule has 3 fully saturated rings. The smallest absolute Gasteiger partial charge is 0.465 e. The summed E-state index contributed by atoms with van der Waals surface area (Å²) >= 11 is 0. The number of carbonyl (C=O) groups excluding carboxylic acids is 3. The van der Waals surface area contributed by atoms with Crippen molar-refractivity contribution in [3.05, 3.63) is 24.7 Å². The first-order valence-corrected chi connectivity index (χ1v) is 18.0. The molecule has 1 saturated carbocycles. The van der Waals surface area contributed by atoms with Crippen LogP contribution in [0.4, 0.5) is 4.79 Å². The van der Waals surface area contributed by atoms with Gasteiger partial charge in [0.25, 0.3) is 0 Å². The number of hydrogen-bond acceptors (Lipinski definition) is 12. The Morgan fingerprint density at radius 1 is 1.11 bits per heavy atom. The Kier molecular flexibility index (Phi) is 12.2. The zero-order valence-electron chi connectivity index (χ0n) is 28.4. The molecule has 0 amide bonds. The summed E-state index contributed by atoms with van der Waals surface area (Å²) in [6.07, 6.45) is 2.46. The quantitative estimate of drug-likeness (QED) is 0.115. The Bertz CT molecular complexity index is 1250. The van der Waals surface area contributed by atoms with E-state index in [0.29, 0.717) is 17.7 Å². The molecule has 3 heterocycles. The van der Waals surface area contributed by atoms with Gasteiger partial charge in [-0.1, -0.05) is 34.3 Å². The van der Waals surface area contributed by atoms with Crippen molar-refractivity contribution in [2.75, 3.05) is 19.8 Å². The maximum absolute atomic E-state index is 14.7. The van der Waals surface area contributed by atoms with Gasteiger partial charge in [-0.15, -0.1) is 0 Å². The fourth-order valence-corrected chi connectivity index (χ4v) is 7.50. The number of carbonyl (C=O) groups is 3. The number of hydrogen-bond donors (Lipinski definition) is 3. The largest absolute Gasteiger partial charge is 0.509 e. The van der Waals surface area contributed by atoms with E-state index in [4.69, 9.17) is 28.2 Å². The van der Waals surface area contributed by atoms with Gasteiger partial charge in [-0.3, -0.25) is 19.1 Å². The fourth-order valence-electron chi connectivity index (χ4n) is 5.68. The van der Waals surface area contributed by atoms with Crippen LogP contribution in [0.25, 0.3) is 0 Å². The maximum atomic E-state index is 14.7. The van der Waals surface area contributed by atoms with Crippen LogP contribution in [0.3, 0.4) is 0 Å². The summed E-state index contributed by atoms with van der Waals surface area (Å²) in [5.74, 6) is -0.0672. The highest BCUT2D eigenvalue weighted by molar-refractivity contribution is 7.54. The van der Waals surface area contributed by atoms with Gasteiger partial charge in [-0.25, -0.2) is 15.0 Å². The van der Waals surface area contributed by atoms with Crippen molar-refractivity contribution in [1.82, 2.24) is 20.4 Å². The third-order valence-electron chi connectivity index (χ3n) is 7.95. The standard InChI is InChI=1S/C31H50N5O10P/c1-9-41-27(37)22(15-18(3)4)34-47(40,35-23(16-19(5)6)28(38)42-10-2)43-17-24-26-31(8,46-30(39)45-26)29(44-24)36-14-13-25(32-20(36)7)33-21-11-12-21/h13-14,18-19,21-24,26,29H,7,9-12,15-17H2,1-6,8H3,(H,32,33)(H2,34,35,40)/t22?,23?,24-,26+,29-,31?,47?/m1/s1. The molecule has 4 aliphatic rings. The van der Waals surface area contributed by atoms with Gasteiger partial charge in [0.1, 0.15) is 29.8 Å². The topological polar surface area (TPSA) is 175 Å². The molecular weight excluding hydrogens is 633 g/mol. The molecule has 0 radical (unpaired) electrons. The molecule has 0 aromatic heterocycles. The lowest BCUT2D eigenvalue weighted by molar-refractivity contribution is -0.146. The minimum Gasteiger partial charge on any atom is -0.465 e. The molecule has 0 aromatic carbocycles. The first-order chi connectivity index (χ1) is 22.2. The minimum absolute atomic E-state index is 0.0192. The summed E-state index contributed by atoms with van der Waals surface area (Å²) in [5.41, 5.74) is -1.30. The molecule has 3 N–H and O–H groups in total. The van der Waals surface area contributed by atoms with Crippen molar-refractivity contribution in [2.24, 2.45) is 16.8 Å². The van der Waals surface area contributed by atoms with E-state index in [1.165, 1.54) is 0 Å². The SMILES string of the molecule is C=C1NC(=NC2CC2)C=CN1[C@@H]1O[C@H](COP(=O)(NC(CC(C)C)C(=O)OCC)NC(CC(C)C)C(=O)OCC)[C@@H]2OC(=O)OC21C. The molecule has 0 spiro atoms. The number of ether oxygens (including phenoxy) is 5. The highest BCUT2D eigenvalue weighted by Crippen LogP contribution is 2.47. The zero-order chi connectivity index (χ0) is 34.5. The molecule has 1 aliphatic carbocycles. The summed E-state index contributed by atoms with van der Waals surface area (Å²) in [6.45, 7) is 16.6. The van der Waals surface area contributed by atoms with Gasteiger partial charge >= 0.3 is 25.8 Å². The van der Waals surface area contributed by atoms with Crippen LogP contribution in [-0.2, 0) is 42.4 Å². The van der Waals surface area contributed by atoms with Crippen LogP contribution in [0, 0.1) is 11.8 Å². The van der Waals surface area contributed by atoms with Crippen molar-refractivity contribution in [2.45, 2.75) is 116 Å². The van der Waals surface area contributed by atoms with Crippen molar-refractivity contribution in [3.63, 3.8) is 0 Å². The van der Waals surface area contributed by atoms with Gasteiger partial charge < -0.3 is 38.4 Å². The van der Waals surface area contributed by atoms with Crippen molar-refractivity contribution >= 4 is 31.6 Å². The van der Waals surface area contributed by atoms with Gasteiger partial charge in [0.2, 0.25) is 0 Å². The van der Waals surface area contributed by atoms with Gasteiger partial charge in [0.05, 0.1) is 25.9 Å². The second kappa shape index (κ2) is 15.5. The lowest BCUT2D eigenvalue weighted by Gasteiger charge is -2.37. The third kappa shape index (κ3) is 9.35. The zero-order valence-corrected chi connectivity index (χ0v) is 29.2. The van der Waals surface area contributed by atoms with Crippen LogP contribution in [0.2, 0.25) is 0 Å². The predicted molar refractivity (Wildman–Crippen MR) is 172 cm³/mol. The second-order valence-corrected chi connectivity index (χ2v) is 15.0. The number of amidine groups is 1. The Morgan fingerprint density at radius 3 is 2.17 bits per heavy atom. The normalized spacial score (nSPS) is 28.8. The number of nitrogens with one attached hydrogen (secondary N) is 3. The van der Waals surface area contributed by atoms with Crippen molar-refractivity contribution in [1.29, 1.82) is 0 Å². The average molecular weight is 684 g/mol. The predicted octanol–water partition coefficient (Wildman–Crippen LogP) is 3.72. The minimum atomic E-state index is -4.24. The number of rotatable bonds is 17. The Hall–Kier alpha value is -2.97. The molecule has 3 unspecified atom stereocenters. The molecule has 0 aromatic rings. The summed E-state index contributed by atoms with van der Waals surface area (Å²) in [5, 5.41) is 8.85. The molecule has 0 bridgehead atoms. The van der Waals surface area contributed by atoms with E-state index in [9.17, 15) is 18.9 Å². The van der Waals surface area contributed by atoms with Crippen LogP contribution in [0.1, 0.15) is 74.1 Å². The molecular formula is C31H50N5O10P. The Labute approximate surface area is 276 Å². The molecule has 6 atom stereocenters. The monoisotopic (exact) mass is 683 g/mol. The van der Waals surface area contributed by atoms with E-state index in [0.717, 1.165) is 12.8 Å². The summed E-state index contributed by atoms with van der Waals surface area (Å²) in [6, 6.07) is -1.75. The van der Waals surface area contributed by atoms with Gasteiger partial charge in [-0.05, 0) is 64.4 Å². The van der Waals surface area contributed by atoms with Crippen molar-refractivity contribution < 1.29 is 47.2 Å². The van der Waals surface area contributed by atoms with Crippen LogP contribution in [0.15, 0.2) is 29.7 Å².